The highest BCUT2D eigenvalue weighted by molar-refractivity contribution is 5.96. The molecule has 3 amide bonds. The molecule has 0 aromatic heterocycles. The highest BCUT2D eigenvalue weighted by Gasteiger charge is 2.43. The van der Waals surface area contributed by atoms with Crippen molar-refractivity contribution in [3.63, 3.8) is 0 Å². The minimum Gasteiger partial charge on any atom is -0.410 e. The van der Waals surface area contributed by atoms with Gasteiger partial charge >= 0.3 is 6.09 Å². The molecule has 2 fully saturated rings. The molecule has 1 aromatic rings. The van der Waals surface area contributed by atoms with Gasteiger partial charge in [-0.2, -0.15) is 0 Å². The van der Waals surface area contributed by atoms with Crippen molar-refractivity contribution in [3.8, 4) is 5.75 Å². The van der Waals surface area contributed by atoms with Gasteiger partial charge in [-0.1, -0.05) is 64.7 Å². The van der Waals surface area contributed by atoms with Crippen molar-refractivity contribution in [1.29, 1.82) is 0 Å². The quantitative estimate of drug-likeness (QED) is 0.292. The molecule has 4 N–H and O–H groups in total. The Morgan fingerprint density at radius 1 is 1.14 bits per heavy atom. The summed E-state index contributed by atoms with van der Waals surface area (Å²) in [6.45, 7) is 6.60. The molecule has 1 saturated heterocycles. The molecular weight excluding hydrogens is 476 g/mol. The predicted molar refractivity (Wildman–Crippen MR) is 137 cm³/mol. The molecule has 2 aliphatic rings. The van der Waals surface area contributed by atoms with E-state index < -0.39 is 41.3 Å². The van der Waals surface area contributed by atoms with Crippen molar-refractivity contribution < 1.29 is 29.1 Å². The van der Waals surface area contributed by atoms with Crippen LogP contribution in [-0.2, 0) is 14.4 Å². The van der Waals surface area contributed by atoms with Crippen molar-refractivity contribution in [3.05, 3.63) is 30.3 Å². The van der Waals surface area contributed by atoms with E-state index in [1.165, 1.54) is 4.90 Å². The third-order valence-electron chi connectivity index (χ3n) is 7.21. The third-order valence-corrected chi connectivity index (χ3v) is 7.21. The van der Waals surface area contributed by atoms with Crippen molar-refractivity contribution in [2.45, 2.75) is 71.4 Å². The lowest BCUT2D eigenvalue weighted by Crippen LogP contribution is -2.63. The summed E-state index contributed by atoms with van der Waals surface area (Å²) in [5.74, 6) is -1.29. The molecule has 0 spiro atoms. The number of ether oxygens (including phenoxy) is 1. The van der Waals surface area contributed by atoms with Gasteiger partial charge < -0.3 is 15.4 Å². The van der Waals surface area contributed by atoms with Crippen LogP contribution in [0.2, 0.25) is 0 Å². The summed E-state index contributed by atoms with van der Waals surface area (Å²) in [6, 6.07) is 6.93. The van der Waals surface area contributed by atoms with E-state index in [0.29, 0.717) is 24.6 Å². The van der Waals surface area contributed by atoms with E-state index in [4.69, 9.17) is 9.94 Å². The Bertz CT molecular complexity index is 942. The normalized spacial score (nSPS) is 20.1. The number of para-hydroxylation sites is 1. The minimum absolute atomic E-state index is 0.162. The lowest BCUT2D eigenvalue weighted by molar-refractivity contribution is -0.138. The van der Waals surface area contributed by atoms with Crippen molar-refractivity contribution in [2.24, 2.45) is 17.3 Å². The summed E-state index contributed by atoms with van der Waals surface area (Å²) in [6.07, 6.45) is 3.92. The van der Waals surface area contributed by atoms with Crippen molar-refractivity contribution in [2.75, 3.05) is 19.6 Å². The molecule has 10 nitrogen and oxygen atoms in total. The average molecular weight is 517 g/mol. The number of carbonyl (C=O) groups is 4. The standard InChI is InChI=1S/C27H40N4O6/c1-27(2,3)24(29-25(34)19(16-22(32)30-36)15-18-9-7-8-10-18)23(33)21-17-28-13-14-31(21)26(35)37-20-11-5-4-6-12-20/h4-6,11-12,18-19,21,24,28,36H,7-10,13-17H2,1-3H3,(H,29,34)(H,30,32)/t19?,21?,24-/m1/s1. The van der Waals surface area contributed by atoms with Crippen LogP contribution >= 0.6 is 0 Å². The summed E-state index contributed by atoms with van der Waals surface area (Å²) >= 11 is 0. The number of Topliss-reactive ketones (excluding diaryl/α,β-unsaturated/α-hetero) is 1. The zero-order valence-electron chi connectivity index (χ0n) is 22.0. The van der Waals surface area contributed by atoms with Gasteiger partial charge in [0.15, 0.2) is 5.78 Å². The molecule has 3 atom stereocenters. The zero-order valence-corrected chi connectivity index (χ0v) is 22.0. The van der Waals surface area contributed by atoms with Gasteiger partial charge in [0.25, 0.3) is 0 Å². The van der Waals surface area contributed by atoms with Crippen LogP contribution in [-0.4, -0.2) is 65.5 Å². The average Bonchev–Trinajstić information content (AvgIpc) is 3.39. The van der Waals surface area contributed by atoms with Gasteiger partial charge in [-0.25, -0.2) is 10.3 Å². The SMILES string of the molecule is CC(C)(C)[C@H](NC(=O)C(CC(=O)NO)CC1CCCC1)C(=O)C1CNCCN1C(=O)Oc1ccccc1. The van der Waals surface area contributed by atoms with Crippen LogP contribution in [0.1, 0.15) is 59.3 Å². The molecule has 10 heteroatoms. The number of nitrogens with zero attached hydrogens (tertiary/aromatic N) is 1. The molecule has 0 bridgehead atoms. The second kappa shape index (κ2) is 13.0. The van der Waals surface area contributed by atoms with Gasteiger partial charge in [0, 0.05) is 32.0 Å². The third kappa shape index (κ3) is 8.00. The van der Waals surface area contributed by atoms with Gasteiger partial charge in [0.05, 0.1) is 6.04 Å². The van der Waals surface area contributed by atoms with Crippen LogP contribution in [0.3, 0.4) is 0 Å². The molecule has 3 rings (SSSR count). The topological polar surface area (TPSA) is 137 Å². The van der Waals surface area contributed by atoms with E-state index >= 15 is 0 Å². The van der Waals surface area contributed by atoms with Crippen LogP contribution in [0.15, 0.2) is 30.3 Å². The second-order valence-electron chi connectivity index (χ2n) is 11.1. The maximum atomic E-state index is 13.9. The largest absolute Gasteiger partial charge is 0.415 e. The highest BCUT2D eigenvalue weighted by Crippen LogP contribution is 2.32. The monoisotopic (exact) mass is 516 g/mol. The Hall–Kier alpha value is -2.98. The summed E-state index contributed by atoms with van der Waals surface area (Å²) < 4.78 is 5.50. The van der Waals surface area contributed by atoms with Gasteiger partial charge in [-0.15, -0.1) is 0 Å². The zero-order chi connectivity index (χ0) is 27.0. The van der Waals surface area contributed by atoms with E-state index in [1.807, 2.05) is 26.8 Å². The molecular formula is C27H40N4O6. The molecule has 2 unspecified atom stereocenters. The number of carbonyl (C=O) groups excluding carboxylic acids is 4. The van der Waals surface area contributed by atoms with Gasteiger partial charge in [-0.3, -0.25) is 24.5 Å². The Balaban J connectivity index is 1.77. The summed E-state index contributed by atoms with van der Waals surface area (Å²) in [5, 5.41) is 15.1. The molecule has 1 aliphatic carbocycles. The molecule has 0 radical (unpaired) electrons. The number of nitrogens with one attached hydrogen (secondary N) is 3. The van der Waals surface area contributed by atoms with Crippen molar-refractivity contribution in [1.82, 2.24) is 21.0 Å². The van der Waals surface area contributed by atoms with Crippen LogP contribution in [0.25, 0.3) is 0 Å². The fourth-order valence-electron chi connectivity index (χ4n) is 5.19. The number of hydroxylamine groups is 1. The predicted octanol–water partition coefficient (Wildman–Crippen LogP) is 2.65. The summed E-state index contributed by atoms with van der Waals surface area (Å²) in [7, 11) is 0. The molecule has 204 valence electrons. The smallest absolute Gasteiger partial charge is 0.410 e. The van der Waals surface area contributed by atoms with Gasteiger partial charge in [-0.05, 0) is 29.9 Å². The highest BCUT2D eigenvalue weighted by atomic mass is 16.6. The Morgan fingerprint density at radius 2 is 1.81 bits per heavy atom. The maximum absolute atomic E-state index is 13.9. The number of hydrogen-bond acceptors (Lipinski definition) is 7. The number of benzene rings is 1. The van der Waals surface area contributed by atoms with E-state index in [1.54, 1.807) is 29.7 Å². The van der Waals surface area contributed by atoms with Crippen LogP contribution < -0.4 is 20.9 Å². The van der Waals surface area contributed by atoms with Gasteiger partial charge in [0.2, 0.25) is 11.8 Å². The maximum Gasteiger partial charge on any atom is 0.415 e. The second-order valence-corrected chi connectivity index (χ2v) is 11.1. The Kier molecular flexibility index (Phi) is 10.0. The first-order valence-corrected chi connectivity index (χ1v) is 13.1. The first-order valence-electron chi connectivity index (χ1n) is 13.1. The molecule has 1 aromatic carbocycles. The van der Waals surface area contributed by atoms with E-state index in [9.17, 15) is 19.2 Å². The lowest BCUT2D eigenvalue weighted by Gasteiger charge is -2.39. The van der Waals surface area contributed by atoms with Gasteiger partial charge in [0.1, 0.15) is 11.8 Å². The fourth-order valence-corrected chi connectivity index (χ4v) is 5.19. The number of piperazine rings is 1. The van der Waals surface area contributed by atoms with E-state index in [-0.39, 0.29) is 25.3 Å². The molecule has 1 heterocycles. The summed E-state index contributed by atoms with van der Waals surface area (Å²) in [4.78, 5) is 53.7. The van der Waals surface area contributed by atoms with Crippen LogP contribution in [0, 0.1) is 17.3 Å². The first kappa shape index (κ1) is 28.6. The Labute approximate surface area is 218 Å². The lowest BCUT2D eigenvalue weighted by atomic mass is 9.80. The van der Waals surface area contributed by atoms with E-state index in [0.717, 1.165) is 25.7 Å². The Morgan fingerprint density at radius 3 is 2.43 bits per heavy atom. The van der Waals surface area contributed by atoms with Crippen LogP contribution in [0.4, 0.5) is 4.79 Å². The first-order chi connectivity index (χ1) is 17.6. The fraction of sp³-hybridized carbons (Fsp3) is 0.630. The van der Waals surface area contributed by atoms with Crippen LogP contribution in [0.5, 0.6) is 5.75 Å². The number of hydrogen-bond donors (Lipinski definition) is 4. The number of rotatable bonds is 9. The number of ketones is 1. The van der Waals surface area contributed by atoms with E-state index in [2.05, 4.69) is 10.6 Å². The molecule has 1 saturated carbocycles. The number of amides is 3. The summed E-state index contributed by atoms with van der Waals surface area (Å²) in [5.41, 5.74) is 0.963. The minimum atomic E-state index is -0.903. The molecule has 1 aliphatic heterocycles. The molecule has 37 heavy (non-hydrogen) atoms. The van der Waals surface area contributed by atoms with Crippen molar-refractivity contribution >= 4 is 23.7 Å².